The van der Waals surface area contributed by atoms with Crippen molar-refractivity contribution in [1.29, 1.82) is 0 Å². The van der Waals surface area contributed by atoms with Crippen LogP contribution >= 0.6 is 0 Å². The van der Waals surface area contributed by atoms with Gasteiger partial charge in [0.2, 0.25) is 0 Å². The van der Waals surface area contributed by atoms with Crippen LogP contribution < -0.4 is 0 Å². The maximum Gasteiger partial charge on any atom is 0.254 e. The number of piperazine rings is 1. The van der Waals surface area contributed by atoms with Gasteiger partial charge in [0.25, 0.3) is 11.8 Å². The molecule has 31 heavy (non-hydrogen) atoms. The van der Waals surface area contributed by atoms with Gasteiger partial charge in [0.15, 0.2) is 0 Å². The van der Waals surface area contributed by atoms with E-state index in [-0.39, 0.29) is 11.8 Å². The van der Waals surface area contributed by atoms with Gasteiger partial charge in [-0.2, -0.15) is 5.10 Å². The van der Waals surface area contributed by atoms with Gasteiger partial charge in [0.05, 0.1) is 11.2 Å². The molecule has 3 aromatic rings. The van der Waals surface area contributed by atoms with Gasteiger partial charge in [-0.05, 0) is 49.1 Å². The van der Waals surface area contributed by atoms with Crippen molar-refractivity contribution in [3.8, 4) is 11.1 Å². The number of aryl methyl sites for hydroxylation is 2. The number of hydrogen-bond acceptors (Lipinski definition) is 4. The average molecular weight is 418 g/mol. The third kappa shape index (κ3) is 3.49. The summed E-state index contributed by atoms with van der Waals surface area (Å²) in [4.78, 5) is 28.6. The topological polar surface area (TPSA) is 78.7 Å². The van der Waals surface area contributed by atoms with Crippen LogP contribution in [0.1, 0.15) is 28.9 Å². The molecule has 2 heterocycles. The number of carbonyl (C=O) groups excluding carboxylic acids is 2. The lowest BCUT2D eigenvalue weighted by molar-refractivity contribution is -0.143. The molecule has 7 nitrogen and oxygen atoms in total. The molecule has 1 saturated carbocycles. The molecule has 1 aromatic heterocycles. The molecular weight excluding hydrogens is 392 g/mol. The van der Waals surface area contributed by atoms with Crippen molar-refractivity contribution in [3.63, 3.8) is 0 Å². The summed E-state index contributed by atoms with van der Waals surface area (Å²) >= 11 is 0. The van der Waals surface area contributed by atoms with Crippen LogP contribution in [0.3, 0.4) is 0 Å². The molecule has 1 aliphatic heterocycles. The van der Waals surface area contributed by atoms with E-state index in [4.69, 9.17) is 0 Å². The minimum atomic E-state index is -1.14. The number of aliphatic hydroxyl groups is 1. The highest BCUT2D eigenvalue weighted by atomic mass is 16.3. The highest BCUT2D eigenvalue weighted by molar-refractivity contribution is 5.95. The first-order chi connectivity index (χ1) is 14.9. The number of benzene rings is 2. The monoisotopic (exact) mass is 418 g/mol. The van der Waals surface area contributed by atoms with E-state index in [0.29, 0.717) is 44.6 Å². The van der Waals surface area contributed by atoms with Gasteiger partial charge in [0, 0.05) is 44.2 Å². The van der Waals surface area contributed by atoms with Gasteiger partial charge in [-0.15, -0.1) is 0 Å². The third-order valence-corrected chi connectivity index (χ3v) is 6.48. The van der Waals surface area contributed by atoms with Gasteiger partial charge in [-0.3, -0.25) is 14.3 Å². The molecule has 1 N–H and O–H groups in total. The Morgan fingerprint density at radius 2 is 1.55 bits per heavy atom. The smallest absolute Gasteiger partial charge is 0.254 e. The Hall–Kier alpha value is -3.19. The van der Waals surface area contributed by atoms with Gasteiger partial charge in [0.1, 0.15) is 5.60 Å². The molecule has 2 amide bonds. The molecule has 0 bridgehead atoms. The Labute approximate surface area is 180 Å². The number of rotatable bonds is 3. The summed E-state index contributed by atoms with van der Waals surface area (Å²) < 4.78 is 1.89. The van der Waals surface area contributed by atoms with E-state index in [1.807, 2.05) is 42.9 Å². The van der Waals surface area contributed by atoms with E-state index in [2.05, 4.69) is 23.3 Å². The predicted molar refractivity (Wildman–Crippen MR) is 118 cm³/mol. The number of carbonyl (C=O) groups is 2. The Kier molecular flexibility index (Phi) is 4.59. The van der Waals surface area contributed by atoms with Gasteiger partial charge < -0.3 is 14.9 Å². The van der Waals surface area contributed by atoms with Crippen LogP contribution in [0, 0.1) is 6.92 Å². The number of hydrogen-bond donors (Lipinski definition) is 1. The van der Waals surface area contributed by atoms with Crippen molar-refractivity contribution >= 4 is 22.7 Å². The van der Waals surface area contributed by atoms with Crippen LogP contribution in [0.15, 0.2) is 42.5 Å². The predicted octanol–water partition coefficient (Wildman–Crippen LogP) is 2.36. The zero-order chi connectivity index (χ0) is 21.8. The summed E-state index contributed by atoms with van der Waals surface area (Å²) in [5.41, 5.74) is 3.72. The fourth-order valence-corrected chi connectivity index (χ4v) is 4.34. The number of nitrogens with zero attached hydrogens (tertiary/aromatic N) is 4. The Morgan fingerprint density at radius 1 is 0.935 bits per heavy atom. The van der Waals surface area contributed by atoms with Crippen LogP contribution in [-0.4, -0.2) is 68.3 Å². The second-order valence-corrected chi connectivity index (χ2v) is 8.63. The first-order valence-corrected chi connectivity index (χ1v) is 10.7. The molecule has 7 heteroatoms. The summed E-state index contributed by atoms with van der Waals surface area (Å²) in [6.07, 6.45) is 1.09. The Morgan fingerprint density at radius 3 is 2.19 bits per heavy atom. The number of aromatic nitrogens is 2. The molecule has 160 valence electrons. The summed E-state index contributed by atoms with van der Waals surface area (Å²) in [6.45, 7) is 3.91. The minimum absolute atomic E-state index is 0.0264. The van der Waals surface area contributed by atoms with Gasteiger partial charge in [-0.25, -0.2) is 0 Å². The number of fused-ring (bicyclic) bond motifs is 1. The van der Waals surface area contributed by atoms with Crippen molar-refractivity contribution in [2.45, 2.75) is 25.4 Å². The second-order valence-electron chi connectivity index (χ2n) is 8.63. The van der Waals surface area contributed by atoms with Crippen LogP contribution in [-0.2, 0) is 11.8 Å². The highest BCUT2D eigenvalue weighted by Gasteiger charge is 2.50. The average Bonchev–Trinajstić information content (AvgIpc) is 3.49. The first kappa shape index (κ1) is 19.8. The lowest BCUT2D eigenvalue weighted by Crippen LogP contribution is -2.53. The molecule has 2 fully saturated rings. The fraction of sp³-hybridized carbons (Fsp3) is 0.375. The molecule has 0 unspecified atom stereocenters. The molecule has 1 saturated heterocycles. The maximum atomic E-state index is 12.9. The Balaban J connectivity index is 1.27. The largest absolute Gasteiger partial charge is 0.380 e. The zero-order valence-corrected chi connectivity index (χ0v) is 17.8. The normalized spacial score (nSPS) is 17.8. The van der Waals surface area contributed by atoms with E-state index in [1.54, 1.807) is 9.80 Å². The van der Waals surface area contributed by atoms with E-state index in [9.17, 15) is 14.7 Å². The Bertz CT molecular complexity index is 1170. The fourth-order valence-electron chi connectivity index (χ4n) is 4.34. The van der Waals surface area contributed by atoms with Crippen LogP contribution in [0.25, 0.3) is 22.0 Å². The van der Waals surface area contributed by atoms with Gasteiger partial charge in [-0.1, -0.05) is 24.3 Å². The van der Waals surface area contributed by atoms with E-state index in [0.717, 1.165) is 27.7 Å². The zero-order valence-electron chi connectivity index (χ0n) is 17.8. The van der Waals surface area contributed by atoms with Crippen LogP contribution in [0.5, 0.6) is 0 Å². The molecule has 0 spiro atoms. The first-order valence-electron chi connectivity index (χ1n) is 10.7. The molecule has 2 aromatic carbocycles. The molecule has 2 aliphatic rings. The summed E-state index contributed by atoms with van der Waals surface area (Å²) in [5.74, 6) is -0.217. The van der Waals surface area contributed by atoms with Crippen molar-refractivity contribution in [2.75, 3.05) is 26.2 Å². The third-order valence-electron chi connectivity index (χ3n) is 6.48. The molecule has 5 rings (SSSR count). The second kappa shape index (κ2) is 7.20. The van der Waals surface area contributed by atoms with E-state index in [1.165, 1.54) is 0 Å². The van der Waals surface area contributed by atoms with Crippen molar-refractivity contribution < 1.29 is 14.7 Å². The van der Waals surface area contributed by atoms with Crippen molar-refractivity contribution in [1.82, 2.24) is 19.6 Å². The molecule has 0 atom stereocenters. The summed E-state index contributed by atoms with van der Waals surface area (Å²) in [5, 5.41) is 15.6. The molecule has 1 aliphatic carbocycles. The molecular formula is C24H26N4O3. The number of amides is 2. The summed E-state index contributed by atoms with van der Waals surface area (Å²) in [6, 6.07) is 14.0. The quantitative estimate of drug-likeness (QED) is 0.708. The standard InChI is InChI=1S/C24H26N4O3/c1-16-20-8-7-19(15-21(20)26(2)25-16)17-3-5-18(6-4-17)22(29)27-11-13-28(14-12-27)23(30)24(31)9-10-24/h3-8,15,31H,9-14H2,1-2H3. The lowest BCUT2D eigenvalue weighted by Gasteiger charge is -2.35. The van der Waals surface area contributed by atoms with Crippen LogP contribution in [0.4, 0.5) is 0 Å². The minimum Gasteiger partial charge on any atom is -0.380 e. The van der Waals surface area contributed by atoms with Gasteiger partial charge >= 0.3 is 0 Å². The summed E-state index contributed by atoms with van der Waals surface area (Å²) in [7, 11) is 1.94. The lowest BCUT2D eigenvalue weighted by atomic mass is 10.0. The van der Waals surface area contributed by atoms with Crippen molar-refractivity contribution in [2.24, 2.45) is 7.05 Å². The molecule has 0 radical (unpaired) electrons. The van der Waals surface area contributed by atoms with Crippen molar-refractivity contribution in [3.05, 3.63) is 53.7 Å². The highest BCUT2D eigenvalue weighted by Crippen LogP contribution is 2.37. The van der Waals surface area contributed by atoms with E-state index >= 15 is 0 Å². The SMILES string of the molecule is Cc1nn(C)c2cc(-c3ccc(C(=O)N4CCN(C(=O)C5(O)CC5)CC4)cc3)ccc12. The van der Waals surface area contributed by atoms with E-state index < -0.39 is 5.60 Å². The maximum absolute atomic E-state index is 12.9. The van der Waals surface area contributed by atoms with Crippen LogP contribution in [0.2, 0.25) is 0 Å².